The molecule has 0 radical (unpaired) electrons. The van der Waals surface area contributed by atoms with E-state index in [4.69, 9.17) is 9.47 Å². The lowest BCUT2D eigenvalue weighted by Gasteiger charge is -2.17. The van der Waals surface area contributed by atoms with E-state index in [9.17, 15) is 23.1 Å². The topological polar surface area (TPSA) is 55.8 Å². The second-order valence-electron chi connectivity index (χ2n) is 8.94. The summed E-state index contributed by atoms with van der Waals surface area (Å²) in [7, 11) is 1.55. The summed E-state index contributed by atoms with van der Waals surface area (Å²) < 4.78 is 50.3. The van der Waals surface area contributed by atoms with Crippen LogP contribution >= 0.6 is 0 Å². The van der Waals surface area contributed by atoms with Crippen LogP contribution in [0.4, 0.5) is 13.2 Å². The van der Waals surface area contributed by atoms with Crippen molar-refractivity contribution < 1.29 is 32.5 Å². The van der Waals surface area contributed by atoms with Crippen LogP contribution < -0.4 is 9.47 Å². The lowest BCUT2D eigenvalue weighted by molar-refractivity contribution is -0.137. The highest BCUT2D eigenvalue weighted by Gasteiger charge is 2.30. The van der Waals surface area contributed by atoms with E-state index in [1.807, 2.05) is 30.3 Å². The van der Waals surface area contributed by atoms with Gasteiger partial charge in [0.05, 0.1) is 18.2 Å². The number of ether oxygens (including phenoxy) is 2. The minimum Gasteiger partial charge on any atom is -0.497 e. The van der Waals surface area contributed by atoms with Gasteiger partial charge in [0.25, 0.3) is 0 Å². The van der Waals surface area contributed by atoms with Crippen LogP contribution in [0.1, 0.15) is 21.5 Å². The monoisotopic (exact) mass is 528 g/mol. The molecule has 5 aromatic rings. The van der Waals surface area contributed by atoms with E-state index >= 15 is 0 Å². The molecule has 196 valence electrons. The molecule has 7 heteroatoms. The predicted molar refractivity (Wildman–Crippen MR) is 144 cm³/mol. The van der Waals surface area contributed by atoms with Crippen molar-refractivity contribution in [3.05, 3.63) is 120 Å². The van der Waals surface area contributed by atoms with Crippen LogP contribution in [-0.2, 0) is 12.8 Å². The second-order valence-corrected chi connectivity index (χ2v) is 8.94. The minimum absolute atomic E-state index is 0.0676. The smallest absolute Gasteiger partial charge is 0.416 e. The number of carboxylic acid groups (broad SMARTS) is 1. The molecule has 0 atom stereocenters. The zero-order chi connectivity index (χ0) is 27.6. The average Bonchev–Trinajstić information content (AvgIpc) is 2.95. The number of hydrogen-bond acceptors (Lipinski definition) is 3. The SMILES string of the molecule is COc1ccc2c(-c3ccc(-c4ccc(C(F)(F)F)cc4)cc3)c(C(=O)O)cc(OCc3ccccc3)c2c1. The maximum atomic E-state index is 12.9. The van der Waals surface area contributed by atoms with E-state index in [1.165, 1.54) is 18.2 Å². The Balaban J connectivity index is 1.58. The van der Waals surface area contributed by atoms with E-state index in [1.54, 1.807) is 49.6 Å². The van der Waals surface area contributed by atoms with Crippen molar-refractivity contribution in [1.29, 1.82) is 0 Å². The van der Waals surface area contributed by atoms with Gasteiger partial charge >= 0.3 is 12.1 Å². The number of carbonyl (C=O) groups is 1. The molecule has 0 fully saturated rings. The molecule has 0 heterocycles. The van der Waals surface area contributed by atoms with E-state index in [-0.39, 0.29) is 12.2 Å². The Morgan fingerprint density at radius 2 is 1.38 bits per heavy atom. The van der Waals surface area contributed by atoms with E-state index in [2.05, 4.69) is 0 Å². The van der Waals surface area contributed by atoms with Gasteiger partial charge in [0.1, 0.15) is 18.1 Å². The fraction of sp³-hybridized carbons (Fsp3) is 0.0938. The molecule has 0 aliphatic heterocycles. The van der Waals surface area contributed by atoms with Gasteiger partial charge in [0.15, 0.2) is 0 Å². The fourth-order valence-corrected chi connectivity index (χ4v) is 4.51. The minimum atomic E-state index is -4.41. The molecule has 39 heavy (non-hydrogen) atoms. The number of alkyl halides is 3. The lowest BCUT2D eigenvalue weighted by atomic mass is 9.91. The Morgan fingerprint density at radius 1 is 0.769 bits per heavy atom. The third-order valence-corrected chi connectivity index (χ3v) is 6.49. The van der Waals surface area contributed by atoms with Crippen molar-refractivity contribution in [1.82, 2.24) is 0 Å². The number of halogens is 3. The first-order valence-corrected chi connectivity index (χ1v) is 12.1. The normalized spacial score (nSPS) is 11.4. The van der Waals surface area contributed by atoms with Gasteiger partial charge in [-0.2, -0.15) is 13.2 Å². The van der Waals surface area contributed by atoms with Crippen LogP contribution in [0.2, 0.25) is 0 Å². The summed E-state index contributed by atoms with van der Waals surface area (Å²) in [5.74, 6) is -0.104. The van der Waals surface area contributed by atoms with E-state index < -0.39 is 17.7 Å². The van der Waals surface area contributed by atoms with Crippen molar-refractivity contribution in [2.45, 2.75) is 12.8 Å². The first-order chi connectivity index (χ1) is 18.7. The lowest BCUT2D eigenvalue weighted by Crippen LogP contribution is -2.04. The first kappa shape index (κ1) is 25.9. The summed E-state index contributed by atoms with van der Waals surface area (Å²) >= 11 is 0. The Kier molecular flexibility index (Phi) is 6.98. The van der Waals surface area contributed by atoms with Crippen molar-refractivity contribution in [2.24, 2.45) is 0 Å². The van der Waals surface area contributed by atoms with Gasteiger partial charge in [0.2, 0.25) is 0 Å². The number of fused-ring (bicyclic) bond motifs is 1. The predicted octanol–water partition coefficient (Wildman–Crippen LogP) is 8.48. The maximum absolute atomic E-state index is 12.9. The molecule has 0 amide bonds. The molecular weight excluding hydrogens is 505 g/mol. The third kappa shape index (κ3) is 5.43. The summed E-state index contributed by atoms with van der Waals surface area (Å²) in [6.45, 7) is 0.257. The van der Waals surface area contributed by atoms with Crippen molar-refractivity contribution in [2.75, 3.05) is 7.11 Å². The molecule has 0 aromatic heterocycles. The standard InChI is InChI=1S/C32H23F3O4/c1-38-25-15-16-26-27(17-25)29(39-19-20-5-3-2-4-6-20)18-28(31(36)37)30(26)23-9-7-21(8-10-23)22-11-13-24(14-12-22)32(33,34)35/h2-18H,19H2,1H3,(H,36,37). The quantitative estimate of drug-likeness (QED) is 0.230. The molecule has 0 aliphatic rings. The van der Waals surface area contributed by atoms with Gasteiger partial charge in [-0.1, -0.05) is 66.7 Å². The second kappa shape index (κ2) is 10.5. The van der Waals surface area contributed by atoms with Crippen LogP contribution in [0.15, 0.2) is 103 Å². The van der Waals surface area contributed by atoms with Gasteiger partial charge < -0.3 is 14.6 Å². The molecule has 5 aromatic carbocycles. The van der Waals surface area contributed by atoms with Gasteiger partial charge in [-0.25, -0.2) is 4.79 Å². The molecule has 5 rings (SSSR count). The maximum Gasteiger partial charge on any atom is 0.416 e. The third-order valence-electron chi connectivity index (χ3n) is 6.49. The van der Waals surface area contributed by atoms with Crippen molar-refractivity contribution in [3.63, 3.8) is 0 Å². The summed E-state index contributed by atoms with van der Waals surface area (Å²) in [4.78, 5) is 12.4. The number of benzene rings is 5. The van der Waals surface area contributed by atoms with Crippen molar-refractivity contribution in [3.8, 4) is 33.8 Å². The molecule has 0 aliphatic carbocycles. The van der Waals surface area contributed by atoms with Crippen molar-refractivity contribution >= 4 is 16.7 Å². The molecule has 0 bridgehead atoms. The molecule has 1 N–H and O–H groups in total. The largest absolute Gasteiger partial charge is 0.497 e. The Labute approximate surface area is 222 Å². The number of hydrogen-bond donors (Lipinski definition) is 1. The van der Waals surface area contributed by atoms with E-state index in [0.29, 0.717) is 44.5 Å². The first-order valence-electron chi connectivity index (χ1n) is 12.1. The summed E-state index contributed by atoms with van der Waals surface area (Å²) in [6, 6.07) is 28.4. The Hall–Kier alpha value is -4.78. The highest BCUT2D eigenvalue weighted by molar-refractivity contribution is 6.10. The van der Waals surface area contributed by atoms with Gasteiger partial charge in [-0.3, -0.25) is 0 Å². The summed E-state index contributed by atoms with van der Waals surface area (Å²) in [6.07, 6.45) is -4.41. The number of rotatable bonds is 7. The molecule has 4 nitrogen and oxygen atoms in total. The number of methoxy groups -OCH3 is 1. The Bertz CT molecular complexity index is 1630. The Morgan fingerprint density at radius 3 is 1.97 bits per heavy atom. The van der Waals surface area contributed by atoms with E-state index in [0.717, 1.165) is 17.7 Å². The van der Waals surface area contributed by atoms with Crippen LogP contribution in [0.3, 0.4) is 0 Å². The van der Waals surface area contributed by atoms with Crippen LogP contribution in [-0.4, -0.2) is 18.2 Å². The van der Waals surface area contributed by atoms with Crippen LogP contribution in [0.25, 0.3) is 33.0 Å². The molecular formula is C32H23F3O4. The van der Waals surface area contributed by atoms with Crippen LogP contribution in [0, 0.1) is 0 Å². The average molecular weight is 529 g/mol. The fourth-order valence-electron chi connectivity index (χ4n) is 4.51. The summed E-state index contributed by atoms with van der Waals surface area (Å²) in [5.41, 5.74) is 2.77. The van der Waals surface area contributed by atoms with Gasteiger partial charge in [0, 0.05) is 10.9 Å². The molecule has 0 unspecified atom stereocenters. The van der Waals surface area contributed by atoms with Gasteiger partial charge in [-0.05, 0) is 64.0 Å². The van der Waals surface area contributed by atoms with Gasteiger partial charge in [-0.15, -0.1) is 0 Å². The highest BCUT2D eigenvalue weighted by atomic mass is 19.4. The highest BCUT2D eigenvalue weighted by Crippen LogP contribution is 2.40. The summed E-state index contributed by atoms with van der Waals surface area (Å²) in [5, 5.41) is 11.5. The zero-order valence-electron chi connectivity index (χ0n) is 20.8. The molecule has 0 saturated carbocycles. The van der Waals surface area contributed by atoms with Crippen LogP contribution in [0.5, 0.6) is 11.5 Å². The number of carboxylic acids is 1. The zero-order valence-corrected chi connectivity index (χ0v) is 20.8. The molecule has 0 saturated heterocycles. The molecule has 0 spiro atoms. The number of aromatic carboxylic acids is 1.